The summed E-state index contributed by atoms with van der Waals surface area (Å²) in [6.07, 6.45) is 0.891. The number of fused-ring (bicyclic) bond motifs is 1. The van der Waals surface area contributed by atoms with Crippen molar-refractivity contribution in [1.82, 2.24) is 0 Å². The minimum Gasteiger partial charge on any atom is -0.507 e. The van der Waals surface area contributed by atoms with Gasteiger partial charge in [-0.1, -0.05) is 19.1 Å². The van der Waals surface area contributed by atoms with Gasteiger partial charge in [0.25, 0.3) is 0 Å². The quantitative estimate of drug-likeness (QED) is 0.762. The molecule has 0 heterocycles. The molecule has 0 radical (unpaired) electrons. The average molecular weight is 218 g/mol. The highest BCUT2D eigenvalue weighted by atomic mass is 16.5. The number of phenolic OH excluding ortho intramolecular Hbond substituents is 2. The molecule has 0 fully saturated rings. The van der Waals surface area contributed by atoms with Crippen molar-refractivity contribution in [2.75, 3.05) is 7.11 Å². The zero-order chi connectivity index (χ0) is 11.7. The van der Waals surface area contributed by atoms with Crippen LogP contribution in [-0.4, -0.2) is 17.3 Å². The van der Waals surface area contributed by atoms with E-state index in [1.54, 1.807) is 6.07 Å². The summed E-state index contributed by atoms with van der Waals surface area (Å²) in [4.78, 5) is 0. The molecule has 0 spiro atoms. The summed E-state index contributed by atoms with van der Waals surface area (Å²) >= 11 is 0. The Kier molecular flexibility index (Phi) is 2.60. The molecule has 0 aliphatic heterocycles. The second kappa shape index (κ2) is 3.93. The molecule has 0 aromatic heterocycles. The van der Waals surface area contributed by atoms with Gasteiger partial charge >= 0.3 is 0 Å². The SMILES string of the molecule is CCc1ccc2c(O)c(OC)cc(O)c2c1. The van der Waals surface area contributed by atoms with Crippen molar-refractivity contribution in [1.29, 1.82) is 0 Å². The maximum atomic E-state index is 9.90. The first-order valence-electron chi connectivity index (χ1n) is 5.19. The van der Waals surface area contributed by atoms with Crippen molar-refractivity contribution in [3.63, 3.8) is 0 Å². The minimum absolute atomic E-state index is 0.0675. The monoisotopic (exact) mass is 218 g/mol. The summed E-state index contributed by atoms with van der Waals surface area (Å²) in [5.74, 6) is 0.479. The maximum Gasteiger partial charge on any atom is 0.165 e. The van der Waals surface area contributed by atoms with Crippen molar-refractivity contribution < 1.29 is 14.9 Å². The predicted molar refractivity (Wildman–Crippen MR) is 63.2 cm³/mol. The molecule has 0 saturated heterocycles. The highest BCUT2D eigenvalue weighted by Crippen LogP contribution is 2.40. The highest BCUT2D eigenvalue weighted by Gasteiger charge is 2.11. The Bertz CT molecular complexity index is 532. The summed E-state index contributed by atoms with van der Waals surface area (Å²) in [6, 6.07) is 7.04. The molecular weight excluding hydrogens is 204 g/mol. The van der Waals surface area contributed by atoms with Gasteiger partial charge in [-0.2, -0.15) is 0 Å². The van der Waals surface area contributed by atoms with Crippen molar-refractivity contribution >= 4 is 10.8 Å². The average Bonchev–Trinajstić information content (AvgIpc) is 2.33. The molecule has 2 aromatic carbocycles. The van der Waals surface area contributed by atoms with Gasteiger partial charge in [-0.25, -0.2) is 0 Å². The van der Waals surface area contributed by atoms with Crippen LogP contribution in [0.2, 0.25) is 0 Å². The van der Waals surface area contributed by atoms with E-state index in [1.165, 1.54) is 13.2 Å². The van der Waals surface area contributed by atoms with E-state index in [0.29, 0.717) is 10.8 Å². The van der Waals surface area contributed by atoms with Gasteiger partial charge in [0.1, 0.15) is 5.75 Å². The molecule has 84 valence electrons. The number of phenols is 2. The maximum absolute atomic E-state index is 9.90. The van der Waals surface area contributed by atoms with Gasteiger partial charge < -0.3 is 14.9 Å². The molecule has 3 heteroatoms. The van der Waals surface area contributed by atoms with E-state index in [-0.39, 0.29) is 17.2 Å². The molecule has 0 unspecified atom stereocenters. The Morgan fingerprint density at radius 2 is 1.88 bits per heavy atom. The number of rotatable bonds is 2. The van der Waals surface area contributed by atoms with Crippen LogP contribution in [0.25, 0.3) is 10.8 Å². The molecule has 0 bridgehead atoms. The summed E-state index contributed by atoms with van der Waals surface area (Å²) < 4.78 is 4.98. The Hall–Kier alpha value is -1.90. The minimum atomic E-state index is 0.0675. The third-order valence-corrected chi connectivity index (χ3v) is 2.74. The molecular formula is C13H14O3. The van der Waals surface area contributed by atoms with Gasteiger partial charge in [-0.05, 0) is 18.1 Å². The van der Waals surface area contributed by atoms with Crippen LogP contribution in [0.5, 0.6) is 17.2 Å². The van der Waals surface area contributed by atoms with Crippen LogP contribution >= 0.6 is 0 Å². The van der Waals surface area contributed by atoms with Gasteiger partial charge in [0.2, 0.25) is 0 Å². The van der Waals surface area contributed by atoms with Crippen LogP contribution in [0.3, 0.4) is 0 Å². The third kappa shape index (κ3) is 1.54. The lowest BCUT2D eigenvalue weighted by Crippen LogP contribution is -1.87. The molecule has 16 heavy (non-hydrogen) atoms. The lowest BCUT2D eigenvalue weighted by molar-refractivity contribution is 0.372. The van der Waals surface area contributed by atoms with E-state index in [9.17, 15) is 10.2 Å². The molecule has 0 amide bonds. The van der Waals surface area contributed by atoms with E-state index in [0.717, 1.165) is 12.0 Å². The molecule has 0 aliphatic carbocycles. The van der Waals surface area contributed by atoms with Gasteiger partial charge in [-0.15, -0.1) is 0 Å². The number of hydrogen-bond donors (Lipinski definition) is 2. The number of ether oxygens (including phenoxy) is 1. The molecule has 3 nitrogen and oxygen atoms in total. The lowest BCUT2D eigenvalue weighted by atomic mass is 10.0. The van der Waals surface area contributed by atoms with Gasteiger partial charge in [0.15, 0.2) is 11.5 Å². The molecule has 0 atom stereocenters. The molecule has 2 aromatic rings. The fourth-order valence-corrected chi connectivity index (χ4v) is 1.79. The number of aryl methyl sites for hydroxylation is 1. The Balaban J connectivity index is 2.79. The summed E-state index contributed by atoms with van der Waals surface area (Å²) in [7, 11) is 1.46. The van der Waals surface area contributed by atoms with Crippen molar-refractivity contribution in [2.24, 2.45) is 0 Å². The van der Waals surface area contributed by atoms with Crippen LogP contribution in [0.1, 0.15) is 12.5 Å². The Morgan fingerprint density at radius 1 is 1.12 bits per heavy atom. The first kappa shape index (κ1) is 10.6. The smallest absolute Gasteiger partial charge is 0.165 e. The standard InChI is InChI=1S/C13H14O3/c1-3-8-4-5-9-10(6-8)11(14)7-12(16-2)13(9)15/h4-7,14-15H,3H2,1-2H3. The van der Waals surface area contributed by atoms with Crippen LogP contribution < -0.4 is 4.74 Å². The Morgan fingerprint density at radius 3 is 2.50 bits per heavy atom. The van der Waals surface area contributed by atoms with Crippen LogP contribution in [0, 0.1) is 0 Å². The van der Waals surface area contributed by atoms with Crippen LogP contribution in [0.15, 0.2) is 24.3 Å². The number of methoxy groups -OCH3 is 1. The zero-order valence-corrected chi connectivity index (χ0v) is 9.32. The second-order valence-electron chi connectivity index (χ2n) is 3.68. The highest BCUT2D eigenvalue weighted by molar-refractivity contribution is 5.95. The first-order valence-corrected chi connectivity index (χ1v) is 5.19. The van der Waals surface area contributed by atoms with E-state index in [2.05, 4.69) is 0 Å². The van der Waals surface area contributed by atoms with Crippen LogP contribution in [0.4, 0.5) is 0 Å². The summed E-state index contributed by atoms with van der Waals surface area (Å²) in [6.45, 7) is 2.04. The van der Waals surface area contributed by atoms with Gasteiger partial charge in [0, 0.05) is 16.8 Å². The third-order valence-electron chi connectivity index (χ3n) is 2.74. The largest absolute Gasteiger partial charge is 0.507 e. The van der Waals surface area contributed by atoms with Crippen molar-refractivity contribution in [3.8, 4) is 17.2 Å². The Labute approximate surface area is 93.9 Å². The first-order chi connectivity index (χ1) is 7.67. The zero-order valence-electron chi connectivity index (χ0n) is 9.32. The topological polar surface area (TPSA) is 49.7 Å². The molecule has 0 aliphatic rings. The van der Waals surface area contributed by atoms with Crippen molar-refractivity contribution in [3.05, 3.63) is 29.8 Å². The van der Waals surface area contributed by atoms with E-state index in [4.69, 9.17) is 4.74 Å². The second-order valence-corrected chi connectivity index (χ2v) is 3.68. The molecule has 2 rings (SSSR count). The molecule has 2 N–H and O–H groups in total. The summed E-state index contributed by atoms with van der Waals surface area (Å²) in [5, 5.41) is 21.0. The fraction of sp³-hybridized carbons (Fsp3) is 0.231. The van der Waals surface area contributed by atoms with Crippen LogP contribution in [-0.2, 0) is 6.42 Å². The van der Waals surface area contributed by atoms with Gasteiger partial charge in [-0.3, -0.25) is 0 Å². The lowest BCUT2D eigenvalue weighted by Gasteiger charge is -2.09. The van der Waals surface area contributed by atoms with Gasteiger partial charge in [0.05, 0.1) is 7.11 Å². The number of aromatic hydroxyl groups is 2. The number of benzene rings is 2. The normalized spacial score (nSPS) is 10.6. The fourth-order valence-electron chi connectivity index (χ4n) is 1.79. The predicted octanol–water partition coefficient (Wildman–Crippen LogP) is 2.82. The van der Waals surface area contributed by atoms with E-state index in [1.807, 2.05) is 19.1 Å². The van der Waals surface area contributed by atoms with E-state index >= 15 is 0 Å². The van der Waals surface area contributed by atoms with E-state index < -0.39 is 0 Å². The van der Waals surface area contributed by atoms with Crippen molar-refractivity contribution in [2.45, 2.75) is 13.3 Å². The summed E-state index contributed by atoms with van der Waals surface area (Å²) in [5.41, 5.74) is 1.12. The number of hydrogen-bond acceptors (Lipinski definition) is 3. The molecule has 0 saturated carbocycles.